The van der Waals surface area contributed by atoms with Crippen LogP contribution >= 0.6 is 0 Å². The minimum absolute atomic E-state index is 0. The molecule has 0 saturated carbocycles. The van der Waals surface area contributed by atoms with Crippen molar-refractivity contribution in [3.63, 3.8) is 0 Å². The molecule has 0 N–H and O–H groups in total. The van der Waals surface area contributed by atoms with Crippen molar-refractivity contribution >= 4 is 5.97 Å². The van der Waals surface area contributed by atoms with Crippen LogP contribution in [0.5, 0.6) is 0 Å². The normalized spacial score (nSPS) is 8.82. The first-order valence-electron chi connectivity index (χ1n) is 4.24. The molecule has 1 rings (SSSR count). The van der Waals surface area contributed by atoms with E-state index in [4.69, 9.17) is 34.6 Å². The average molecular weight is 477 g/mol. The smallest absolute Gasteiger partial charge is 0.337 e. The van der Waals surface area contributed by atoms with Gasteiger partial charge in [0.05, 0.1) is 12.7 Å². The number of hydrogen-bond donors (Lipinski definition) is 0. The van der Waals surface area contributed by atoms with Crippen molar-refractivity contribution in [2.75, 3.05) is 7.11 Å². The van der Waals surface area contributed by atoms with Crippen LogP contribution in [0.4, 0.5) is 0 Å². The standard InChI is InChI=1S/C8H9O3.5CO.W/c1-5-4-7(6(2)11-5)8(9)10-3;5*1-2;/h1H,4H2,2-3H3;;;;;;/q-1;;;;;;. The van der Waals surface area contributed by atoms with Gasteiger partial charge in [0, 0.05) is 27.5 Å². The molecule has 0 saturated heterocycles. The molecule has 1 heterocycles. The second-order valence-electron chi connectivity index (χ2n) is 2.27. The fourth-order valence-electron chi connectivity index (χ4n) is 0.932. The van der Waals surface area contributed by atoms with Crippen molar-refractivity contribution in [3.05, 3.63) is 56.9 Å². The molecule has 1 aliphatic rings. The Morgan fingerprint density at radius 3 is 1.55 bits per heavy atom. The topological polar surface area (TPSA) is 135 Å². The monoisotopic (exact) mass is 477 g/mol. The molecule has 116 valence electrons. The summed E-state index contributed by atoms with van der Waals surface area (Å²) in [6, 6.07) is 0. The second-order valence-corrected chi connectivity index (χ2v) is 2.27. The Kier molecular flexibility index (Phi) is 61.2. The van der Waals surface area contributed by atoms with Gasteiger partial charge in [-0.25, -0.2) is 4.79 Å². The zero-order valence-electron chi connectivity index (χ0n) is 11.5. The minimum atomic E-state index is -0.372. The summed E-state index contributed by atoms with van der Waals surface area (Å²) in [5, 5.41) is 0. The number of esters is 1. The van der Waals surface area contributed by atoms with Crippen LogP contribution in [-0.2, 0) is 58.6 Å². The summed E-state index contributed by atoms with van der Waals surface area (Å²) in [4.78, 5) is 10.9. The van der Waals surface area contributed by atoms with E-state index < -0.39 is 0 Å². The average Bonchev–Trinajstić information content (AvgIpc) is 2.94. The van der Waals surface area contributed by atoms with E-state index >= 15 is 0 Å². The molecule has 0 aromatic rings. The first-order valence-corrected chi connectivity index (χ1v) is 4.24. The quantitative estimate of drug-likeness (QED) is 0.317. The predicted molar refractivity (Wildman–Crippen MR) is 57.9 cm³/mol. The van der Waals surface area contributed by atoms with E-state index in [0.717, 1.165) is 0 Å². The molecule has 0 bridgehead atoms. The molecule has 22 heavy (non-hydrogen) atoms. The Hall–Kier alpha value is -1.86. The molecule has 0 spiro atoms. The fourth-order valence-corrected chi connectivity index (χ4v) is 0.932. The van der Waals surface area contributed by atoms with Gasteiger partial charge in [0.2, 0.25) is 0 Å². The predicted octanol–water partition coefficient (Wildman–Crippen LogP) is 0.981. The number of allylic oxidation sites excluding steroid dienone is 2. The Morgan fingerprint density at radius 1 is 1.05 bits per heavy atom. The van der Waals surface area contributed by atoms with Crippen LogP contribution in [0.15, 0.2) is 17.1 Å². The van der Waals surface area contributed by atoms with Crippen molar-refractivity contribution in [2.45, 2.75) is 13.3 Å². The molecule has 1 aliphatic heterocycles. The summed E-state index contributed by atoms with van der Waals surface area (Å²) in [5.41, 5.74) is 0.505. The number of carbonyl (C=O) groups is 1. The number of carbonyl (C=O) groups excluding carboxylic acids is 1. The van der Waals surface area contributed by atoms with Gasteiger partial charge in [-0.3, -0.25) is 0 Å². The van der Waals surface area contributed by atoms with Crippen LogP contribution in [0.1, 0.15) is 13.3 Å². The third kappa shape index (κ3) is 20.5. The summed E-state index contributed by atoms with van der Waals surface area (Å²) >= 11 is 0. The number of rotatable bonds is 1. The van der Waals surface area contributed by atoms with E-state index in [2.05, 4.69) is 38.0 Å². The Labute approximate surface area is 142 Å². The van der Waals surface area contributed by atoms with Gasteiger partial charge in [0.25, 0.3) is 0 Å². The van der Waals surface area contributed by atoms with Crippen LogP contribution in [0, 0.1) is 39.8 Å². The van der Waals surface area contributed by atoms with Crippen LogP contribution in [0.25, 0.3) is 0 Å². The summed E-state index contributed by atoms with van der Waals surface area (Å²) in [6.07, 6.45) is 0.360. The molecular formula is C13H9O8W-. The molecule has 0 unspecified atom stereocenters. The summed E-state index contributed by atoms with van der Waals surface area (Å²) < 4.78 is 47.0. The molecule has 0 aromatic carbocycles. The molecular weight excluding hydrogens is 468 g/mol. The van der Waals surface area contributed by atoms with Gasteiger partial charge in [-0.05, 0) is 6.92 Å². The molecule has 0 atom stereocenters. The van der Waals surface area contributed by atoms with Gasteiger partial charge in [0.1, 0.15) is 5.76 Å². The van der Waals surface area contributed by atoms with Crippen LogP contribution in [-0.4, -0.2) is 13.1 Å². The summed E-state index contributed by atoms with van der Waals surface area (Å²) in [7, 11) is 1.33. The van der Waals surface area contributed by atoms with Gasteiger partial charge >= 0.3 is 62.5 Å². The van der Waals surface area contributed by atoms with E-state index in [-0.39, 0.29) is 27.0 Å². The van der Waals surface area contributed by atoms with E-state index in [1.54, 1.807) is 6.92 Å². The first-order chi connectivity index (χ1) is 10.1. The Morgan fingerprint density at radius 2 is 1.36 bits per heavy atom. The van der Waals surface area contributed by atoms with Gasteiger partial charge < -0.3 is 16.1 Å². The van der Waals surface area contributed by atoms with Crippen LogP contribution < -0.4 is 0 Å². The van der Waals surface area contributed by atoms with Crippen molar-refractivity contribution in [3.8, 4) is 0 Å². The van der Waals surface area contributed by atoms with Crippen molar-refractivity contribution in [1.29, 1.82) is 0 Å². The number of methoxy groups -OCH3 is 1. The second kappa shape index (κ2) is 36.5. The summed E-state index contributed by atoms with van der Waals surface area (Å²) in [6.45, 7) is 29.5. The third-order valence-electron chi connectivity index (χ3n) is 1.49. The zero-order chi connectivity index (χ0) is 18.4. The molecule has 9 heteroatoms. The summed E-state index contributed by atoms with van der Waals surface area (Å²) in [5.74, 6) is 0.514. The van der Waals surface area contributed by atoms with Gasteiger partial charge in [-0.15, -0.1) is 0 Å². The minimum Gasteiger partial charge on any atom is -0.503 e. The molecule has 0 radical (unpaired) electrons. The maximum absolute atomic E-state index is 10.9. The zero-order valence-corrected chi connectivity index (χ0v) is 14.4. The van der Waals surface area contributed by atoms with Crippen molar-refractivity contribution in [2.24, 2.45) is 0 Å². The van der Waals surface area contributed by atoms with Gasteiger partial charge in [-0.2, -0.15) is 0 Å². The third-order valence-corrected chi connectivity index (χ3v) is 1.49. The van der Waals surface area contributed by atoms with Gasteiger partial charge in [-0.1, -0.05) is 5.76 Å². The number of ether oxygens (including phenoxy) is 2. The largest absolute Gasteiger partial charge is 0.503 e. The maximum atomic E-state index is 10.9. The van der Waals surface area contributed by atoms with E-state index in [1.165, 1.54) is 7.11 Å². The molecule has 0 aliphatic carbocycles. The molecule has 0 fully saturated rings. The number of hydrogen-bond acceptors (Lipinski definition) is 3. The molecule has 8 nitrogen and oxygen atoms in total. The van der Waals surface area contributed by atoms with Crippen molar-refractivity contribution in [1.82, 2.24) is 0 Å². The molecule has 0 aromatic heterocycles. The van der Waals surface area contributed by atoms with E-state index in [1.807, 2.05) is 0 Å². The Bertz CT molecular complexity index is 391. The van der Waals surface area contributed by atoms with Gasteiger partial charge in [0.15, 0.2) is 0 Å². The van der Waals surface area contributed by atoms with E-state index in [0.29, 0.717) is 23.5 Å². The van der Waals surface area contributed by atoms with Crippen LogP contribution in [0.3, 0.4) is 0 Å². The fraction of sp³-hybridized carbons (Fsp3) is 0.231. The van der Waals surface area contributed by atoms with Crippen LogP contribution in [0.2, 0.25) is 0 Å². The Balaban J connectivity index is -0.0000000500. The SMILES string of the molecule is [C-]#[O+].[C-]#[O+].[C-]#[O+].[C-]#[O+].[C-]#[O+].[CH-]=C1CC(C(=O)OC)=C(C)O1.[W]. The molecule has 0 amide bonds. The first kappa shape index (κ1) is 36.9. The van der Waals surface area contributed by atoms with Crippen molar-refractivity contribution < 1.29 is 58.6 Å². The maximum Gasteiger partial charge on any atom is 0.337 e. The van der Waals surface area contributed by atoms with E-state index in [9.17, 15) is 4.79 Å².